The Morgan fingerprint density at radius 3 is 2.95 bits per heavy atom. The molecule has 106 valence electrons. The number of pyridine rings is 1. The Morgan fingerprint density at radius 2 is 2.26 bits per heavy atom. The van der Waals surface area contributed by atoms with Crippen LogP contribution in [0.2, 0.25) is 0 Å². The van der Waals surface area contributed by atoms with Crippen molar-refractivity contribution in [2.24, 2.45) is 5.92 Å². The van der Waals surface area contributed by atoms with Crippen LogP contribution in [0.3, 0.4) is 0 Å². The Kier molecular flexibility index (Phi) is 6.31. The van der Waals surface area contributed by atoms with Gasteiger partial charge in [0.05, 0.1) is 0 Å². The maximum absolute atomic E-state index is 5.48. The minimum Gasteiger partial charge on any atom is -0.381 e. The van der Waals surface area contributed by atoms with Gasteiger partial charge in [-0.25, -0.2) is 0 Å². The van der Waals surface area contributed by atoms with Crippen LogP contribution in [-0.4, -0.2) is 30.8 Å². The Labute approximate surface area is 116 Å². The van der Waals surface area contributed by atoms with Crippen LogP contribution in [0.25, 0.3) is 0 Å². The summed E-state index contributed by atoms with van der Waals surface area (Å²) in [6, 6.07) is 4.83. The number of ether oxygens (including phenoxy) is 1. The molecule has 1 aliphatic heterocycles. The molecule has 1 saturated heterocycles. The Morgan fingerprint density at radius 1 is 1.42 bits per heavy atom. The maximum atomic E-state index is 5.48. The summed E-state index contributed by atoms with van der Waals surface area (Å²) >= 11 is 0. The molecular formula is C16H26N2O. The highest BCUT2D eigenvalue weighted by molar-refractivity contribution is 5.08. The van der Waals surface area contributed by atoms with Gasteiger partial charge >= 0.3 is 0 Å². The van der Waals surface area contributed by atoms with Crippen molar-refractivity contribution < 1.29 is 4.74 Å². The molecule has 1 aromatic heterocycles. The minimum atomic E-state index is 0.629. The summed E-state index contributed by atoms with van der Waals surface area (Å²) in [7, 11) is 0. The van der Waals surface area contributed by atoms with Crippen LogP contribution in [0, 0.1) is 5.92 Å². The third-order valence-corrected chi connectivity index (χ3v) is 3.96. The molecule has 1 atom stereocenters. The lowest BCUT2D eigenvalue weighted by Gasteiger charge is -2.31. The van der Waals surface area contributed by atoms with E-state index >= 15 is 0 Å². The first kappa shape index (κ1) is 14.5. The molecular weight excluding hydrogens is 236 g/mol. The number of nitrogens with one attached hydrogen (secondary N) is 1. The molecule has 2 rings (SSSR count). The number of nitrogens with zero attached hydrogens (tertiary/aromatic N) is 1. The fourth-order valence-corrected chi connectivity index (χ4v) is 2.82. The summed E-state index contributed by atoms with van der Waals surface area (Å²) in [6.07, 6.45) is 9.76. The van der Waals surface area contributed by atoms with Gasteiger partial charge in [-0.15, -0.1) is 0 Å². The SMILES string of the molecule is CCCNC(CCc1cccnc1)C1CCOCC1. The van der Waals surface area contributed by atoms with Crippen molar-refractivity contribution in [1.82, 2.24) is 10.3 Å². The Hall–Kier alpha value is -0.930. The predicted molar refractivity (Wildman–Crippen MR) is 78.2 cm³/mol. The zero-order valence-corrected chi connectivity index (χ0v) is 12.0. The summed E-state index contributed by atoms with van der Waals surface area (Å²) < 4.78 is 5.48. The summed E-state index contributed by atoms with van der Waals surface area (Å²) in [5.74, 6) is 0.775. The van der Waals surface area contributed by atoms with Gasteiger partial charge in [0, 0.05) is 31.6 Å². The first-order valence-electron chi connectivity index (χ1n) is 7.60. The van der Waals surface area contributed by atoms with Crippen LogP contribution in [0.5, 0.6) is 0 Å². The van der Waals surface area contributed by atoms with Gasteiger partial charge in [-0.05, 0) is 56.2 Å². The molecule has 0 aromatic carbocycles. The van der Waals surface area contributed by atoms with E-state index < -0.39 is 0 Å². The number of aromatic nitrogens is 1. The van der Waals surface area contributed by atoms with E-state index in [0.29, 0.717) is 6.04 Å². The van der Waals surface area contributed by atoms with Crippen LogP contribution in [0.1, 0.15) is 38.2 Å². The van der Waals surface area contributed by atoms with Gasteiger partial charge in [0.15, 0.2) is 0 Å². The van der Waals surface area contributed by atoms with Crippen molar-refractivity contribution in [2.45, 2.75) is 45.1 Å². The van der Waals surface area contributed by atoms with E-state index in [-0.39, 0.29) is 0 Å². The lowest BCUT2D eigenvalue weighted by molar-refractivity contribution is 0.0526. The van der Waals surface area contributed by atoms with Gasteiger partial charge in [0.2, 0.25) is 0 Å². The van der Waals surface area contributed by atoms with Gasteiger partial charge in [0.25, 0.3) is 0 Å². The van der Waals surface area contributed by atoms with Crippen LogP contribution < -0.4 is 5.32 Å². The fraction of sp³-hybridized carbons (Fsp3) is 0.688. The highest BCUT2D eigenvalue weighted by atomic mass is 16.5. The van der Waals surface area contributed by atoms with Crippen LogP contribution in [0.4, 0.5) is 0 Å². The highest BCUT2D eigenvalue weighted by Crippen LogP contribution is 2.22. The third-order valence-electron chi connectivity index (χ3n) is 3.96. The second kappa shape index (κ2) is 8.28. The second-order valence-electron chi connectivity index (χ2n) is 5.41. The quantitative estimate of drug-likeness (QED) is 0.820. The zero-order valence-electron chi connectivity index (χ0n) is 12.0. The van der Waals surface area contributed by atoms with Crippen molar-refractivity contribution in [3.63, 3.8) is 0 Å². The van der Waals surface area contributed by atoms with Gasteiger partial charge in [-0.1, -0.05) is 13.0 Å². The standard InChI is InChI=1S/C16H26N2O/c1-2-9-18-16(15-7-11-19-12-8-15)6-5-14-4-3-10-17-13-14/h3-4,10,13,15-16,18H,2,5-9,11-12H2,1H3. The van der Waals surface area contributed by atoms with Gasteiger partial charge in [0.1, 0.15) is 0 Å². The Balaban J connectivity index is 1.85. The van der Waals surface area contributed by atoms with Gasteiger partial charge < -0.3 is 10.1 Å². The van der Waals surface area contributed by atoms with Gasteiger partial charge in [-0.3, -0.25) is 4.98 Å². The van der Waals surface area contributed by atoms with E-state index in [4.69, 9.17) is 4.74 Å². The molecule has 1 unspecified atom stereocenters. The molecule has 1 aromatic rings. The largest absolute Gasteiger partial charge is 0.381 e. The molecule has 1 N–H and O–H groups in total. The van der Waals surface area contributed by atoms with Gasteiger partial charge in [-0.2, -0.15) is 0 Å². The van der Waals surface area contributed by atoms with Crippen LogP contribution >= 0.6 is 0 Å². The van der Waals surface area contributed by atoms with E-state index in [1.165, 1.54) is 31.2 Å². The molecule has 0 bridgehead atoms. The van der Waals surface area contributed by atoms with E-state index in [1.54, 1.807) is 0 Å². The normalized spacial score (nSPS) is 18.4. The monoisotopic (exact) mass is 262 g/mol. The van der Waals surface area contributed by atoms with Crippen molar-refractivity contribution in [1.29, 1.82) is 0 Å². The third kappa shape index (κ3) is 4.92. The first-order chi connectivity index (χ1) is 9.40. The molecule has 0 amide bonds. The zero-order chi connectivity index (χ0) is 13.3. The second-order valence-corrected chi connectivity index (χ2v) is 5.41. The van der Waals surface area contributed by atoms with Crippen molar-refractivity contribution in [2.75, 3.05) is 19.8 Å². The molecule has 2 heterocycles. The van der Waals surface area contributed by atoms with E-state index in [0.717, 1.165) is 32.1 Å². The van der Waals surface area contributed by atoms with Crippen LogP contribution in [0.15, 0.2) is 24.5 Å². The highest BCUT2D eigenvalue weighted by Gasteiger charge is 2.23. The molecule has 3 nitrogen and oxygen atoms in total. The topological polar surface area (TPSA) is 34.2 Å². The van der Waals surface area contributed by atoms with Crippen molar-refractivity contribution >= 4 is 0 Å². The fourth-order valence-electron chi connectivity index (χ4n) is 2.82. The molecule has 0 spiro atoms. The lowest BCUT2D eigenvalue weighted by Crippen LogP contribution is -2.39. The Bertz CT molecular complexity index is 336. The van der Waals surface area contributed by atoms with Crippen molar-refractivity contribution in [3.05, 3.63) is 30.1 Å². The number of aryl methyl sites for hydroxylation is 1. The molecule has 0 radical (unpaired) electrons. The summed E-state index contributed by atoms with van der Waals surface area (Å²) in [4.78, 5) is 4.20. The predicted octanol–water partition coefficient (Wildman–Crippen LogP) is 2.81. The molecule has 0 aliphatic carbocycles. The molecule has 1 aliphatic rings. The van der Waals surface area contributed by atoms with Crippen molar-refractivity contribution in [3.8, 4) is 0 Å². The minimum absolute atomic E-state index is 0.629. The van der Waals surface area contributed by atoms with E-state index in [9.17, 15) is 0 Å². The number of hydrogen-bond acceptors (Lipinski definition) is 3. The summed E-state index contributed by atoms with van der Waals surface area (Å²) in [6.45, 7) is 5.22. The van der Waals surface area contributed by atoms with E-state index in [1.807, 2.05) is 18.5 Å². The number of rotatable bonds is 7. The average molecular weight is 262 g/mol. The van der Waals surface area contributed by atoms with Crippen LogP contribution in [-0.2, 0) is 11.2 Å². The number of hydrogen-bond donors (Lipinski definition) is 1. The van der Waals surface area contributed by atoms with E-state index in [2.05, 4.69) is 23.3 Å². The summed E-state index contributed by atoms with van der Waals surface area (Å²) in [5.41, 5.74) is 1.35. The molecule has 19 heavy (non-hydrogen) atoms. The first-order valence-corrected chi connectivity index (χ1v) is 7.60. The maximum Gasteiger partial charge on any atom is 0.0469 e. The molecule has 0 saturated carbocycles. The lowest BCUT2D eigenvalue weighted by atomic mass is 9.88. The smallest absolute Gasteiger partial charge is 0.0469 e. The summed E-state index contributed by atoms with van der Waals surface area (Å²) in [5, 5.41) is 3.73. The average Bonchev–Trinajstić information content (AvgIpc) is 2.49. The molecule has 3 heteroatoms. The molecule has 1 fully saturated rings.